The highest BCUT2D eigenvalue weighted by atomic mass is 16.6. The van der Waals surface area contributed by atoms with Crippen LogP contribution < -0.4 is 0 Å². The fraction of sp³-hybridized carbons (Fsp3) is 0.300. The van der Waals surface area contributed by atoms with Crippen molar-refractivity contribution in [2.45, 2.75) is 13.0 Å². The lowest BCUT2D eigenvalue weighted by atomic mass is 10.2. The van der Waals surface area contributed by atoms with Gasteiger partial charge in [-0.3, -0.25) is 0 Å². The van der Waals surface area contributed by atoms with Gasteiger partial charge in [0, 0.05) is 0 Å². The van der Waals surface area contributed by atoms with E-state index in [0.29, 0.717) is 0 Å². The van der Waals surface area contributed by atoms with E-state index in [2.05, 4.69) is 5.16 Å². The van der Waals surface area contributed by atoms with Crippen molar-refractivity contribution >= 4 is 6.21 Å². The highest BCUT2D eigenvalue weighted by molar-refractivity contribution is 5.78. The Balaban J connectivity index is 2.33. The molecule has 0 fully saturated rings. The molecule has 1 aromatic carbocycles. The van der Waals surface area contributed by atoms with E-state index >= 15 is 0 Å². The molecule has 3 nitrogen and oxygen atoms in total. The summed E-state index contributed by atoms with van der Waals surface area (Å²) in [5, 5.41) is 12.5. The molecule has 1 aromatic rings. The molecule has 1 N–H and O–H groups in total. The van der Waals surface area contributed by atoms with Crippen LogP contribution in [0.1, 0.15) is 12.5 Å². The first kappa shape index (κ1) is 9.74. The van der Waals surface area contributed by atoms with Gasteiger partial charge in [0.15, 0.2) is 0 Å². The average Bonchev–Trinajstić information content (AvgIpc) is 2.14. The minimum absolute atomic E-state index is 0.226. The van der Waals surface area contributed by atoms with E-state index in [1.54, 1.807) is 13.1 Å². The summed E-state index contributed by atoms with van der Waals surface area (Å²) in [6.07, 6.45) is 1.13. The predicted octanol–water partition coefficient (Wildman–Crippen LogP) is 1.42. The minimum Gasteiger partial charge on any atom is -0.393 e. The zero-order valence-corrected chi connectivity index (χ0v) is 7.55. The molecule has 0 heterocycles. The van der Waals surface area contributed by atoms with E-state index in [1.165, 1.54) is 0 Å². The summed E-state index contributed by atoms with van der Waals surface area (Å²) < 4.78 is 0. The number of hydrogen-bond donors (Lipinski definition) is 1. The van der Waals surface area contributed by atoms with Gasteiger partial charge >= 0.3 is 0 Å². The van der Waals surface area contributed by atoms with Crippen molar-refractivity contribution in [1.82, 2.24) is 0 Å². The summed E-state index contributed by atoms with van der Waals surface area (Å²) in [5.74, 6) is 0. The topological polar surface area (TPSA) is 41.8 Å². The maximum Gasteiger partial charge on any atom is 0.142 e. The van der Waals surface area contributed by atoms with Gasteiger partial charge in [-0.25, -0.2) is 0 Å². The van der Waals surface area contributed by atoms with Gasteiger partial charge in [0.1, 0.15) is 6.61 Å². The van der Waals surface area contributed by atoms with Crippen LogP contribution in [-0.2, 0) is 4.84 Å². The molecule has 0 aliphatic carbocycles. The maximum absolute atomic E-state index is 8.85. The van der Waals surface area contributed by atoms with E-state index in [0.717, 1.165) is 5.56 Å². The van der Waals surface area contributed by atoms with Crippen molar-refractivity contribution in [3.63, 3.8) is 0 Å². The zero-order chi connectivity index (χ0) is 9.52. The Hall–Kier alpha value is -1.35. The lowest BCUT2D eigenvalue weighted by Gasteiger charge is -2.00. The molecule has 0 saturated carbocycles. The summed E-state index contributed by atoms with van der Waals surface area (Å²) >= 11 is 0. The van der Waals surface area contributed by atoms with Crippen molar-refractivity contribution < 1.29 is 9.94 Å². The molecule has 70 valence electrons. The molecule has 0 radical (unpaired) electrons. The highest BCUT2D eigenvalue weighted by Crippen LogP contribution is 1.94. The first-order chi connectivity index (χ1) is 6.29. The monoisotopic (exact) mass is 179 g/mol. The third-order valence-corrected chi connectivity index (χ3v) is 1.39. The molecule has 1 unspecified atom stereocenters. The van der Waals surface area contributed by atoms with Crippen molar-refractivity contribution in [3.8, 4) is 0 Å². The van der Waals surface area contributed by atoms with Crippen LogP contribution in [0.15, 0.2) is 35.5 Å². The van der Waals surface area contributed by atoms with Crippen LogP contribution >= 0.6 is 0 Å². The standard InChI is InChI=1S/C10H13NO2/c1-9(12)8-13-11-7-10-5-3-2-4-6-10/h2-7,9,12H,8H2,1H3/b11-7+. The largest absolute Gasteiger partial charge is 0.393 e. The molecular weight excluding hydrogens is 166 g/mol. The van der Waals surface area contributed by atoms with Gasteiger partial charge < -0.3 is 9.94 Å². The Morgan fingerprint density at radius 1 is 1.46 bits per heavy atom. The predicted molar refractivity (Wildman–Crippen MR) is 51.7 cm³/mol. The lowest BCUT2D eigenvalue weighted by Crippen LogP contribution is -2.07. The Kier molecular flexibility index (Phi) is 3.99. The van der Waals surface area contributed by atoms with Crippen LogP contribution in [0.4, 0.5) is 0 Å². The number of aliphatic hydroxyl groups is 1. The van der Waals surface area contributed by atoms with Crippen LogP contribution in [0.3, 0.4) is 0 Å². The van der Waals surface area contributed by atoms with Crippen molar-refractivity contribution in [2.75, 3.05) is 6.61 Å². The second-order valence-corrected chi connectivity index (χ2v) is 2.79. The van der Waals surface area contributed by atoms with Gasteiger partial charge in [0.05, 0.1) is 12.3 Å². The molecule has 1 atom stereocenters. The quantitative estimate of drug-likeness (QED) is 0.561. The van der Waals surface area contributed by atoms with Crippen molar-refractivity contribution in [3.05, 3.63) is 35.9 Å². The van der Waals surface area contributed by atoms with Crippen LogP contribution in [0.5, 0.6) is 0 Å². The normalized spacial score (nSPS) is 13.1. The molecule has 0 saturated heterocycles. The Morgan fingerprint density at radius 2 is 2.15 bits per heavy atom. The van der Waals surface area contributed by atoms with Gasteiger partial charge in [0.2, 0.25) is 0 Å². The molecule has 0 aromatic heterocycles. The maximum atomic E-state index is 8.85. The van der Waals surface area contributed by atoms with Gasteiger partial charge in [-0.1, -0.05) is 35.5 Å². The smallest absolute Gasteiger partial charge is 0.142 e. The van der Waals surface area contributed by atoms with Crippen LogP contribution in [0, 0.1) is 0 Å². The fourth-order valence-corrected chi connectivity index (χ4v) is 0.788. The number of hydrogen-bond acceptors (Lipinski definition) is 3. The fourth-order valence-electron chi connectivity index (χ4n) is 0.788. The Morgan fingerprint density at radius 3 is 2.77 bits per heavy atom. The van der Waals surface area contributed by atoms with Crippen LogP contribution in [0.25, 0.3) is 0 Å². The molecule has 13 heavy (non-hydrogen) atoms. The second-order valence-electron chi connectivity index (χ2n) is 2.79. The lowest BCUT2D eigenvalue weighted by molar-refractivity contribution is 0.0508. The summed E-state index contributed by atoms with van der Waals surface area (Å²) in [6.45, 7) is 1.88. The van der Waals surface area contributed by atoms with E-state index in [1.807, 2.05) is 30.3 Å². The van der Waals surface area contributed by atoms with Crippen LogP contribution in [-0.4, -0.2) is 24.0 Å². The van der Waals surface area contributed by atoms with Crippen molar-refractivity contribution in [1.29, 1.82) is 0 Å². The number of aliphatic hydroxyl groups excluding tert-OH is 1. The van der Waals surface area contributed by atoms with Crippen LogP contribution in [0.2, 0.25) is 0 Å². The first-order valence-corrected chi connectivity index (χ1v) is 4.17. The first-order valence-electron chi connectivity index (χ1n) is 4.17. The highest BCUT2D eigenvalue weighted by Gasteiger charge is 1.92. The molecule has 0 spiro atoms. The van der Waals surface area contributed by atoms with Crippen molar-refractivity contribution in [2.24, 2.45) is 5.16 Å². The molecular formula is C10H13NO2. The third-order valence-electron chi connectivity index (χ3n) is 1.39. The van der Waals surface area contributed by atoms with Gasteiger partial charge in [0.25, 0.3) is 0 Å². The summed E-state index contributed by atoms with van der Waals surface area (Å²) in [4.78, 5) is 4.82. The summed E-state index contributed by atoms with van der Waals surface area (Å²) in [6, 6.07) is 9.64. The zero-order valence-electron chi connectivity index (χ0n) is 7.55. The second kappa shape index (κ2) is 5.32. The van der Waals surface area contributed by atoms with E-state index in [9.17, 15) is 0 Å². The molecule has 1 rings (SSSR count). The third kappa shape index (κ3) is 4.28. The molecule has 3 heteroatoms. The minimum atomic E-state index is -0.479. The number of benzene rings is 1. The molecule has 0 aliphatic rings. The van der Waals surface area contributed by atoms with E-state index < -0.39 is 6.10 Å². The Labute approximate surface area is 77.6 Å². The average molecular weight is 179 g/mol. The number of rotatable bonds is 4. The summed E-state index contributed by atoms with van der Waals surface area (Å²) in [7, 11) is 0. The number of oxime groups is 1. The Bertz CT molecular complexity index is 257. The summed E-state index contributed by atoms with van der Waals surface area (Å²) in [5.41, 5.74) is 0.980. The van der Waals surface area contributed by atoms with E-state index in [-0.39, 0.29) is 6.61 Å². The molecule has 0 amide bonds. The van der Waals surface area contributed by atoms with Gasteiger partial charge in [-0.2, -0.15) is 0 Å². The number of nitrogens with zero attached hydrogens (tertiary/aromatic N) is 1. The SMILES string of the molecule is CC(O)CO/N=C/c1ccccc1. The molecule has 0 bridgehead atoms. The molecule has 0 aliphatic heterocycles. The van der Waals surface area contributed by atoms with E-state index in [4.69, 9.17) is 9.94 Å². The van der Waals surface area contributed by atoms with Gasteiger partial charge in [-0.15, -0.1) is 0 Å². The van der Waals surface area contributed by atoms with Gasteiger partial charge in [-0.05, 0) is 12.5 Å².